The van der Waals surface area contributed by atoms with E-state index in [0.717, 1.165) is 0 Å². The summed E-state index contributed by atoms with van der Waals surface area (Å²) in [4.78, 5) is 23.5. The molecule has 2 aromatic rings. The van der Waals surface area contributed by atoms with Crippen LogP contribution in [0.1, 0.15) is 10.4 Å². The number of fused-ring (bicyclic) bond motifs is 1. The van der Waals surface area contributed by atoms with Crippen molar-refractivity contribution in [2.75, 3.05) is 13.1 Å². The van der Waals surface area contributed by atoms with Gasteiger partial charge in [-0.25, -0.2) is 4.79 Å². The van der Waals surface area contributed by atoms with Gasteiger partial charge in [-0.3, -0.25) is 4.79 Å². The van der Waals surface area contributed by atoms with Crippen LogP contribution in [0.3, 0.4) is 0 Å². The Kier molecular flexibility index (Phi) is 4.24. The molecule has 1 amide bonds. The molecule has 19 heavy (non-hydrogen) atoms. The normalized spacial score (nSPS) is 10.7. The van der Waals surface area contributed by atoms with Gasteiger partial charge in [-0.15, -0.1) is 0 Å². The van der Waals surface area contributed by atoms with Crippen molar-refractivity contribution in [3.8, 4) is 0 Å². The van der Waals surface area contributed by atoms with Gasteiger partial charge in [0.25, 0.3) is 5.91 Å². The van der Waals surface area contributed by atoms with Crippen LogP contribution in [-0.2, 0) is 0 Å². The Bertz CT molecular complexity index is 699. The van der Waals surface area contributed by atoms with Crippen LogP contribution in [0.2, 0.25) is 5.02 Å². The van der Waals surface area contributed by atoms with Crippen molar-refractivity contribution in [3.63, 3.8) is 0 Å². The van der Waals surface area contributed by atoms with Gasteiger partial charge in [0, 0.05) is 23.5 Å². The van der Waals surface area contributed by atoms with Crippen molar-refractivity contribution in [2.45, 2.75) is 0 Å². The molecule has 0 atom stereocenters. The molecule has 0 aliphatic rings. The number of halogens is 2. The highest BCUT2D eigenvalue weighted by atomic mass is 79.9. The topological polar surface area (TPSA) is 85.3 Å². The zero-order valence-electron chi connectivity index (χ0n) is 9.70. The van der Waals surface area contributed by atoms with Crippen LogP contribution in [-0.4, -0.2) is 19.0 Å². The van der Waals surface area contributed by atoms with Gasteiger partial charge < -0.3 is 15.5 Å². The van der Waals surface area contributed by atoms with E-state index in [0.29, 0.717) is 27.0 Å². The fourth-order valence-electron chi connectivity index (χ4n) is 1.60. The van der Waals surface area contributed by atoms with E-state index in [9.17, 15) is 9.59 Å². The summed E-state index contributed by atoms with van der Waals surface area (Å²) in [5, 5.41) is 3.55. The van der Waals surface area contributed by atoms with E-state index in [2.05, 4.69) is 21.2 Å². The molecule has 0 bridgehead atoms. The first-order chi connectivity index (χ1) is 9.02. The predicted octanol–water partition coefficient (Wildman–Crippen LogP) is 1.90. The average molecular weight is 346 g/mol. The monoisotopic (exact) mass is 344 g/mol. The van der Waals surface area contributed by atoms with E-state index in [-0.39, 0.29) is 12.1 Å². The first-order valence-corrected chi connectivity index (χ1v) is 6.61. The maximum absolute atomic E-state index is 11.8. The van der Waals surface area contributed by atoms with Gasteiger partial charge in [-0.1, -0.05) is 11.6 Å². The second-order valence-corrected chi connectivity index (χ2v) is 5.09. The third-order valence-electron chi connectivity index (χ3n) is 2.43. The molecule has 3 N–H and O–H groups in total. The van der Waals surface area contributed by atoms with Crippen LogP contribution in [0.25, 0.3) is 11.0 Å². The molecule has 1 aromatic carbocycles. The molecule has 0 saturated heterocycles. The van der Waals surface area contributed by atoms with E-state index in [1.165, 1.54) is 6.07 Å². The second-order valence-electron chi connectivity index (χ2n) is 3.80. The molecule has 2 rings (SSSR count). The van der Waals surface area contributed by atoms with E-state index < -0.39 is 11.5 Å². The summed E-state index contributed by atoms with van der Waals surface area (Å²) < 4.78 is 5.68. The summed E-state index contributed by atoms with van der Waals surface area (Å²) in [5.41, 5.74) is 4.86. The molecule has 0 radical (unpaired) electrons. The van der Waals surface area contributed by atoms with Crippen LogP contribution in [0, 0.1) is 0 Å². The van der Waals surface area contributed by atoms with Gasteiger partial charge in [0.05, 0.1) is 4.47 Å². The molecule has 5 nitrogen and oxygen atoms in total. The first-order valence-electron chi connectivity index (χ1n) is 5.44. The van der Waals surface area contributed by atoms with Crippen LogP contribution in [0.15, 0.2) is 31.9 Å². The number of hydrogen-bond donors (Lipinski definition) is 2. The minimum absolute atomic E-state index is 0.0740. The number of benzene rings is 1. The van der Waals surface area contributed by atoms with Gasteiger partial charge in [0.15, 0.2) is 5.58 Å². The lowest BCUT2D eigenvalue weighted by Crippen LogP contribution is -2.32. The Labute approximate surface area is 121 Å². The summed E-state index contributed by atoms with van der Waals surface area (Å²) in [5.74, 6) is -0.516. The lowest BCUT2D eigenvalue weighted by Gasteiger charge is -2.05. The fraction of sp³-hybridized carbons (Fsp3) is 0.167. The Hall–Kier alpha value is -1.37. The van der Waals surface area contributed by atoms with E-state index in [4.69, 9.17) is 21.8 Å². The predicted molar refractivity (Wildman–Crippen MR) is 76.6 cm³/mol. The quantitative estimate of drug-likeness (QED) is 0.832. The standard InChI is InChI=1S/C12H10BrClN2O3/c13-9-5-7(14)3-6-4-8(11(17)16-2-1-15)12(18)19-10(6)9/h3-5H,1-2,15H2,(H,16,17). The second kappa shape index (κ2) is 5.73. The molecule has 1 heterocycles. The molecule has 0 spiro atoms. The summed E-state index contributed by atoms with van der Waals surface area (Å²) in [6, 6.07) is 4.68. The van der Waals surface area contributed by atoms with Crippen LogP contribution in [0.4, 0.5) is 0 Å². The summed E-state index contributed by atoms with van der Waals surface area (Å²) in [6.45, 7) is 0.581. The Morgan fingerprint density at radius 3 is 2.84 bits per heavy atom. The number of nitrogens with one attached hydrogen (secondary N) is 1. The number of carbonyl (C=O) groups excluding carboxylic acids is 1. The molecule has 0 unspecified atom stereocenters. The maximum Gasteiger partial charge on any atom is 0.349 e. The minimum Gasteiger partial charge on any atom is -0.421 e. The molecule has 0 aliphatic carbocycles. The maximum atomic E-state index is 11.8. The number of rotatable bonds is 3. The van der Waals surface area contributed by atoms with Crippen LogP contribution in [0.5, 0.6) is 0 Å². The highest BCUT2D eigenvalue weighted by molar-refractivity contribution is 9.10. The van der Waals surface area contributed by atoms with Crippen molar-refractivity contribution >= 4 is 44.4 Å². The SMILES string of the molecule is NCCNC(=O)c1cc2cc(Cl)cc(Br)c2oc1=O. The van der Waals surface area contributed by atoms with Crippen molar-refractivity contribution in [1.29, 1.82) is 0 Å². The molecule has 1 aromatic heterocycles. The molecule has 0 fully saturated rings. The fourth-order valence-corrected chi connectivity index (χ4v) is 2.51. The molecule has 7 heteroatoms. The molecular formula is C12H10BrClN2O3. The Morgan fingerprint density at radius 1 is 1.42 bits per heavy atom. The van der Waals surface area contributed by atoms with E-state index in [1.54, 1.807) is 12.1 Å². The van der Waals surface area contributed by atoms with Gasteiger partial charge in [0.2, 0.25) is 0 Å². The smallest absolute Gasteiger partial charge is 0.349 e. The van der Waals surface area contributed by atoms with Crippen molar-refractivity contribution in [1.82, 2.24) is 5.32 Å². The van der Waals surface area contributed by atoms with Gasteiger partial charge in [0.1, 0.15) is 5.56 Å². The first kappa shape index (κ1) is 14.0. The van der Waals surface area contributed by atoms with E-state index >= 15 is 0 Å². The largest absolute Gasteiger partial charge is 0.421 e. The van der Waals surface area contributed by atoms with Gasteiger partial charge in [-0.05, 0) is 34.1 Å². The molecule has 0 aliphatic heterocycles. The van der Waals surface area contributed by atoms with Crippen LogP contribution < -0.4 is 16.7 Å². The van der Waals surface area contributed by atoms with Gasteiger partial charge >= 0.3 is 5.63 Å². The zero-order valence-corrected chi connectivity index (χ0v) is 12.0. The minimum atomic E-state index is -0.704. The third kappa shape index (κ3) is 2.97. The lowest BCUT2D eigenvalue weighted by molar-refractivity contribution is 0.0951. The molecule has 0 saturated carbocycles. The van der Waals surface area contributed by atoms with Crippen molar-refractivity contribution in [3.05, 3.63) is 43.7 Å². The number of amides is 1. The number of nitrogens with two attached hydrogens (primary N) is 1. The highest BCUT2D eigenvalue weighted by Gasteiger charge is 2.14. The van der Waals surface area contributed by atoms with Crippen LogP contribution >= 0.6 is 27.5 Å². The summed E-state index contributed by atoms with van der Waals surface area (Å²) in [7, 11) is 0. The Morgan fingerprint density at radius 2 is 2.16 bits per heavy atom. The van der Waals surface area contributed by atoms with E-state index in [1.807, 2.05) is 0 Å². The van der Waals surface area contributed by atoms with Crippen molar-refractivity contribution in [2.24, 2.45) is 5.73 Å². The Balaban J connectivity index is 2.55. The van der Waals surface area contributed by atoms with Crippen molar-refractivity contribution < 1.29 is 9.21 Å². The van der Waals surface area contributed by atoms with Gasteiger partial charge in [-0.2, -0.15) is 0 Å². The number of hydrogen-bond acceptors (Lipinski definition) is 4. The lowest BCUT2D eigenvalue weighted by atomic mass is 10.2. The third-order valence-corrected chi connectivity index (χ3v) is 3.23. The summed E-state index contributed by atoms with van der Waals surface area (Å²) >= 11 is 9.16. The molecule has 100 valence electrons. The highest BCUT2D eigenvalue weighted by Crippen LogP contribution is 2.27. The number of carbonyl (C=O) groups is 1. The molecular weight excluding hydrogens is 336 g/mol. The average Bonchev–Trinajstić information content (AvgIpc) is 2.36. The summed E-state index contributed by atoms with van der Waals surface area (Å²) in [6.07, 6.45) is 0. The zero-order chi connectivity index (χ0) is 14.0.